The van der Waals surface area contributed by atoms with E-state index in [1.807, 2.05) is 14.1 Å². The van der Waals surface area contributed by atoms with Gasteiger partial charge in [0.2, 0.25) is 0 Å². The number of benzene rings is 1. The summed E-state index contributed by atoms with van der Waals surface area (Å²) in [6.07, 6.45) is 1.62. The van der Waals surface area contributed by atoms with Gasteiger partial charge >= 0.3 is 0 Å². The van der Waals surface area contributed by atoms with E-state index in [1.165, 1.54) is 6.07 Å². The van der Waals surface area contributed by atoms with Gasteiger partial charge in [-0.1, -0.05) is 12.1 Å². The molecule has 0 bridgehead atoms. The third kappa shape index (κ3) is 2.11. The molecule has 2 nitrogen and oxygen atoms in total. The van der Waals surface area contributed by atoms with Gasteiger partial charge in [0.05, 0.1) is 0 Å². The normalized spacial score (nSPS) is 10.4. The zero-order valence-corrected chi connectivity index (χ0v) is 9.61. The molecule has 1 aromatic heterocycles. The molecule has 2 rings (SSSR count). The number of hydrogen-bond donors (Lipinski definition) is 0. The van der Waals surface area contributed by atoms with Crippen LogP contribution in [0, 0.1) is 11.6 Å². The Labute approximate surface area is 98.5 Å². The van der Waals surface area contributed by atoms with Crippen LogP contribution in [0.1, 0.15) is 0 Å². The molecule has 0 fully saturated rings. The summed E-state index contributed by atoms with van der Waals surface area (Å²) in [4.78, 5) is 5.93. The van der Waals surface area contributed by atoms with E-state index < -0.39 is 11.6 Å². The molecule has 88 valence electrons. The van der Waals surface area contributed by atoms with Crippen molar-refractivity contribution in [2.45, 2.75) is 0 Å². The Bertz CT molecular complexity index is 539. The molecule has 0 aliphatic rings. The lowest BCUT2D eigenvalue weighted by molar-refractivity contribution is 0.511. The second-order valence-corrected chi connectivity index (χ2v) is 3.87. The zero-order chi connectivity index (χ0) is 12.4. The fourth-order valence-electron chi connectivity index (χ4n) is 1.68. The Balaban J connectivity index is 2.64. The average molecular weight is 234 g/mol. The number of halogens is 2. The van der Waals surface area contributed by atoms with E-state index in [9.17, 15) is 8.78 Å². The Hall–Kier alpha value is -1.97. The van der Waals surface area contributed by atoms with Crippen molar-refractivity contribution in [1.82, 2.24) is 4.98 Å². The summed E-state index contributed by atoms with van der Waals surface area (Å²) < 4.78 is 26.9. The molecule has 1 heterocycles. The lowest BCUT2D eigenvalue weighted by Crippen LogP contribution is -2.12. The third-order valence-electron chi connectivity index (χ3n) is 2.45. The maximum absolute atomic E-state index is 13.7. The minimum absolute atomic E-state index is 0.224. The predicted octanol–water partition coefficient (Wildman–Crippen LogP) is 3.09. The van der Waals surface area contributed by atoms with Crippen molar-refractivity contribution >= 4 is 5.82 Å². The predicted molar refractivity (Wildman–Crippen MR) is 63.9 cm³/mol. The minimum Gasteiger partial charge on any atom is -0.362 e. The van der Waals surface area contributed by atoms with Crippen molar-refractivity contribution in [3.63, 3.8) is 0 Å². The second kappa shape index (κ2) is 4.49. The topological polar surface area (TPSA) is 16.1 Å². The summed E-state index contributed by atoms with van der Waals surface area (Å²) in [6.45, 7) is 0. The Morgan fingerprint density at radius 3 is 2.41 bits per heavy atom. The SMILES string of the molecule is CN(C)c1ncccc1-c1cccc(F)c1F. The molecule has 0 N–H and O–H groups in total. The average Bonchev–Trinajstić information content (AvgIpc) is 2.33. The number of aromatic nitrogens is 1. The molecule has 2 aromatic rings. The van der Waals surface area contributed by atoms with E-state index in [0.29, 0.717) is 11.4 Å². The van der Waals surface area contributed by atoms with Crippen molar-refractivity contribution in [2.24, 2.45) is 0 Å². The number of rotatable bonds is 2. The maximum atomic E-state index is 13.7. The van der Waals surface area contributed by atoms with Gasteiger partial charge < -0.3 is 4.90 Å². The molecule has 0 atom stereocenters. The highest BCUT2D eigenvalue weighted by atomic mass is 19.2. The van der Waals surface area contributed by atoms with Gasteiger partial charge in [-0.25, -0.2) is 13.8 Å². The molecule has 17 heavy (non-hydrogen) atoms. The van der Waals surface area contributed by atoms with E-state index in [1.54, 1.807) is 29.3 Å². The lowest BCUT2D eigenvalue weighted by Gasteiger charge is -2.16. The van der Waals surface area contributed by atoms with Crippen LogP contribution in [0.4, 0.5) is 14.6 Å². The van der Waals surface area contributed by atoms with E-state index in [4.69, 9.17) is 0 Å². The highest BCUT2D eigenvalue weighted by Crippen LogP contribution is 2.30. The summed E-state index contributed by atoms with van der Waals surface area (Å²) in [5.74, 6) is -1.09. The van der Waals surface area contributed by atoms with Gasteiger partial charge in [0.25, 0.3) is 0 Å². The molecule has 0 spiro atoms. The van der Waals surface area contributed by atoms with Gasteiger partial charge in [-0.15, -0.1) is 0 Å². The molecular weight excluding hydrogens is 222 g/mol. The van der Waals surface area contributed by atoms with E-state index in [2.05, 4.69) is 4.98 Å². The number of anilines is 1. The molecule has 0 aliphatic carbocycles. The molecule has 1 aromatic carbocycles. The van der Waals surface area contributed by atoms with Gasteiger partial charge in [0.1, 0.15) is 5.82 Å². The van der Waals surface area contributed by atoms with Gasteiger partial charge in [-0.3, -0.25) is 0 Å². The minimum atomic E-state index is -0.851. The molecular formula is C13H12F2N2. The van der Waals surface area contributed by atoms with E-state index in [0.717, 1.165) is 6.07 Å². The summed E-state index contributed by atoms with van der Waals surface area (Å²) >= 11 is 0. The summed E-state index contributed by atoms with van der Waals surface area (Å²) in [5.41, 5.74) is 0.802. The molecule has 4 heteroatoms. The monoisotopic (exact) mass is 234 g/mol. The van der Waals surface area contributed by atoms with Crippen LogP contribution in [0.25, 0.3) is 11.1 Å². The van der Waals surface area contributed by atoms with Crippen LogP contribution >= 0.6 is 0 Å². The first-order chi connectivity index (χ1) is 8.11. The maximum Gasteiger partial charge on any atom is 0.166 e. The molecule has 0 unspecified atom stereocenters. The first-order valence-electron chi connectivity index (χ1n) is 5.18. The zero-order valence-electron chi connectivity index (χ0n) is 9.61. The third-order valence-corrected chi connectivity index (χ3v) is 2.45. The molecule has 0 saturated heterocycles. The highest BCUT2D eigenvalue weighted by molar-refractivity contribution is 5.75. The van der Waals surface area contributed by atoms with Gasteiger partial charge in [0.15, 0.2) is 11.6 Å². The largest absolute Gasteiger partial charge is 0.362 e. The summed E-state index contributed by atoms with van der Waals surface area (Å²) in [6, 6.07) is 7.56. The molecule has 0 radical (unpaired) electrons. The van der Waals surface area contributed by atoms with Crippen molar-refractivity contribution < 1.29 is 8.78 Å². The van der Waals surface area contributed by atoms with Crippen LogP contribution in [0.15, 0.2) is 36.5 Å². The number of nitrogens with zero attached hydrogens (tertiary/aromatic N) is 2. The van der Waals surface area contributed by atoms with Crippen LogP contribution in [0.2, 0.25) is 0 Å². The fraction of sp³-hybridized carbons (Fsp3) is 0.154. The fourth-order valence-corrected chi connectivity index (χ4v) is 1.68. The van der Waals surface area contributed by atoms with Crippen LogP contribution in [0.3, 0.4) is 0 Å². The summed E-state index contributed by atoms with van der Waals surface area (Å²) in [5, 5.41) is 0. The second-order valence-electron chi connectivity index (χ2n) is 3.87. The lowest BCUT2D eigenvalue weighted by atomic mass is 10.1. The van der Waals surface area contributed by atoms with Gasteiger partial charge in [-0.05, 0) is 18.2 Å². The Morgan fingerprint density at radius 2 is 1.71 bits per heavy atom. The standard InChI is InChI=1S/C13H12F2N2/c1-17(2)13-10(6-4-8-16-13)9-5-3-7-11(14)12(9)15/h3-8H,1-2H3. The van der Waals surface area contributed by atoms with Crippen molar-refractivity contribution in [3.8, 4) is 11.1 Å². The Kier molecular flexibility index (Phi) is 3.04. The first-order valence-corrected chi connectivity index (χ1v) is 5.18. The quantitative estimate of drug-likeness (QED) is 0.793. The van der Waals surface area contributed by atoms with Crippen molar-refractivity contribution in [3.05, 3.63) is 48.2 Å². The molecule has 0 amide bonds. The number of pyridine rings is 1. The highest BCUT2D eigenvalue weighted by Gasteiger charge is 2.14. The van der Waals surface area contributed by atoms with Crippen LogP contribution in [-0.2, 0) is 0 Å². The van der Waals surface area contributed by atoms with Crippen molar-refractivity contribution in [1.29, 1.82) is 0 Å². The summed E-state index contributed by atoms with van der Waals surface area (Å²) in [7, 11) is 3.62. The van der Waals surface area contributed by atoms with Gasteiger partial charge in [-0.2, -0.15) is 0 Å². The molecule has 0 saturated carbocycles. The molecule has 0 aliphatic heterocycles. The van der Waals surface area contributed by atoms with Crippen LogP contribution in [-0.4, -0.2) is 19.1 Å². The Morgan fingerprint density at radius 1 is 1.00 bits per heavy atom. The number of hydrogen-bond acceptors (Lipinski definition) is 2. The first kappa shape index (κ1) is 11.5. The smallest absolute Gasteiger partial charge is 0.166 e. The van der Waals surface area contributed by atoms with E-state index >= 15 is 0 Å². The van der Waals surface area contributed by atoms with Crippen molar-refractivity contribution in [2.75, 3.05) is 19.0 Å². The van der Waals surface area contributed by atoms with Crippen LogP contribution in [0.5, 0.6) is 0 Å². The van der Waals surface area contributed by atoms with Gasteiger partial charge in [0, 0.05) is 31.4 Å². The van der Waals surface area contributed by atoms with E-state index in [-0.39, 0.29) is 5.56 Å². The van der Waals surface area contributed by atoms with Crippen LogP contribution < -0.4 is 4.90 Å².